The molecule has 0 saturated carbocycles. The van der Waals surface area contributed by atoms with Crippen LogP contribution in [0.1, 0.15) is 0 Å². The van der Waals surface area contributed by atoms with Gasteiger partial charge in [-0.05, 0) is 35.0 Å². The molecule has 2 aliphatic heterocycles. The van der Waals surface area contributed by atoms with Crippen molar-refractivity contribution in [1.82, 2.24) is 14.1 Å². The van der Waals surface area contributed by atoms with E-state index in [-0.39, 0.29) is 17.1 Å². The van der Waals surface area contributed by atoms with E-state index in [1.165, 1.54) is 19.2 Å². The van der Waals surface area contributed by atoms with Gasteiger partial charge in [-0.1, -0.05) is 30.3 Å². The molecule has 0 atom stereocenters. The van der Waals surface area contributed by atoms with E-state index in [9.17, 15) is 19.7 Å². The number of pyridine rings is 1. The van der Waals surface area contributed by atoms with E-state index in [1.54, 1.807) is 16.7 Å². The van der Waals surface area contributed by atoms with Crippen molar-refractivity contribution >= 4 is 27.4 Å². The van der Waals surface area contributed by atoms with Crippen molar-refractivity contribution in [2.24, 2.45) is 7.05 Å². The number of fused-ring (bicyclic) bond motifs is 3. The molecule has 8 nitrogen and oxygen atoms in total. The fraction of sp³-hybridized carbons (Fsp3) is 0.0455. The maximum absolute atomic E-state index is 12.8. The first-order valence-corrected chi connectivity index (χ1v) is 9.14. The Balaban J connectivity index is 1.97. The lowest BCUT2D eigenvalue weighted by Gasteiger charge is -2.18. The van der Waals surface area contributed by atoms with E-state index in [0.29, 0.717) is 16.6 Å². The number of benzene rings is 3. The summed E-state index contributed by atoms with van der Waals surface area (Å²) in [4.78, 5) is 40.0. The van der Waals surface area contributed by atoms with Crippen LogP contribution in [0.25, 0.3) is 38.8 Å². The molecule has 5 rings (SSSR count). The Hall–Kier alpha value is -4.33. The van der Waals surface area contributed by atoms with Gasteiger partial charge in [0.05, 0.1) is 16.0 Å². The molecule has 0 radical (unpaired) electrons. The second kappa shape index (κ2) is 6.35. The smallest absolute Gasteiger partial charge is 0.294 e. The maximum Gasteiger partial charge on any atom is 0.352 e. The first-order valence-electron chi connectivity index (χ1n) is 9.14. The van der Waals surface area contributed by atoms with Gasteiger partial charge >= 0.3 is 5.69 Å². The molecule has 0 amide bonds. The molecule has 30 heavy (non-hydrogen) atoms. The highest BCUT2D eigenvalue weighted by atomic mass is 16.6. The normalized spacial score (nSPS) is 11.4. The van der Waals surface area contributed by atoms with E-state index in [4.69, 9.17) is 0 Å². The van der Waals surface area contributed by atoms with Crippen molar-refractivity contribution in [3.8, 4) is 17.1 Å². The number of hydrogen-bond donors (Lipinski definition) is 0. The van der Waals surface area contributed by atoms with Crippen LogP contribution >= 0.6 is 0 Å². The van der Waals surface area contributed by atoms with Crippen LogP contribution in [0.4, 0.5) is 5.69 Å². The molecule has 0 fully saturated rings. The maximum atomic E-state index is 12.8. The quantitative estimate of drug-likeness (QED) is 0.258. The molecule has 0 spiro atoms. The highest BCUT2D eigenvalue weighted by Crippen LogP contribution is 2.31. The number of nitro groups is 1. The lowest BCUT2D eigenvalue weighted by Crippen LogP contribution is -2.35. The lowest BCUT2D eigenvalue weighted by atomic mass is 10.1. The number of hydrogen-bond acceptors (Lipinski definition) is 5. The second-order valence-electron chi connectivity index (χ2n) is 7.01. The Morgan fingerprint density at radius 2 is 1.67 bits per heavy atom. The van der Waals surface area contributed by atoms with Crippen LogP contribution in [0.3, 0.4) is 0 Å². The van der Waals surface area contributed by atoms with Gasteiger partial charge in [-0.15, -0.1) is 0 Å². The molecule has 0 unspecified atom stereocenters. The van der Waals surface area contributed by atoms with Crippen molar-refractivity contribution in [2.45, 2.75) is 0 Å². The van der Waals surface area contributed by atoms with E-state index in [1.807, 2.05) is 42.5 Å². The van der Waals surface area contributed by atoms with E-state index >= 15 is 0 Å². The predicted octanol–water partition coefficient (Wildman–Crippen LogP) is 3.25. The SMILES string of the molecule is Cn1c(=O)nc2n(-c3ccc4ccccc4c3)c3ccc([N+](=O)[O-])cc3cc-2c1=O. The standard InChI is InChI=1S/C22H14N4O4/c1-24-21(27)18-12-15-11-17(26(29)30)8-9-19(15)25(20(18)23-22(24)28)16-7-6-13-4-2-3-5-14(13)10-16/h2-12H,1H3. The van der Waals surface area contributed by atoms with Gasteiger partial charge in [-0.25, -0.2) is 4.79 Å². The molecule has 2 aliphatic rings. The first-order chi connectivity index (χ1) is 14.4. The van der Waals surface area contributed by atoms with Gasteiger partial charge in [-0.3, -0.25) is 24.0 Å². The van der Waals surface area contributed by atoms with Crippen LogP contribution < -0.4 is 11.2 Å². The number of non-ortho nitro benzene ring substituents is 1. The molecular formula is C22H14N4O4. The number of nitro benzene ring substituents is 1. The zero-order chi connectivity index (χ0) is 21.0. The monoisotopic (exact) mass is 398 g/mol. The highest BCUT2D eigenvalue weighted by Gasteiger charge is 2.21. The summed E-state index contributed by atoms with van der Waals surface area (Å²) in [5.41, 5.74) is 0.244. The minimum atomic E-state index is -0.664. The molecule has 0 aromatic heterocycles. The average Bonchev–Trinajstić information content (AvgIpc) is 2.75. The Morgan fingerprint density at radius 3 is 2.43 bits per heavy atom. The summed E-state index contributed by atoms with van der Waals surface area (Å²) in [6.07, 6.45) is 0. The molecule has 0 saturated heterocycles. The summed E-state index contributed by atoms with van der Waals surface area (Å²) < 4.78 is 2.62. The van der Waals surface area contributed by atoms with Crippen LogP contribution in [0.15, 0.2) is 76.3 Å². The molecule has 3 aromatic rings. The van der Waals surface area contributed by atoms with Crippen molar-refractivity contribution in [1.29, 1.82) is 0 Å². The molecule has 0 bridgehead atoms. The minimum absolute atomic E-state index is 0.0860. The van der Waals surface area contributed by atoms with Crippen molar-refractivity contribution in [3.63, 3.8) is 0 Å². The fourth-order valence-electron chi connectivity index (χ4n) is 3.71. The Kier molecular flexibility index (Phi) is 3.75. The fourth-order valence-corrected chi connectivity index (χ4v) is 3.71. The molecule has 3 aromatic carbocycles. The summed E-state index contributed by atoms with van der Waals surface area (Å²) in [5, 5.41) is 13.8. The van der Waals surface area contributed by atoms with Gasteiger partial charge < -0.3 is 0 Å². The molecular weight excluding hydrogens is 384 g/mol. The molecule has 0 N–H and O–H groups in total. The van der Waals surface area contributed by atoms with Gasteiger partial charge in [-0.2, -0.15) is 4.98 Å². The summed E-state index contributed by atoms with van der Waals surface area (Å²) in [7, 11) is 1.36. The number of aromatic nitrogens is 3. The third kappa shape index (κ3) is 2.58. The third-order valence-electron chi connectivity index (χ3n) is 5.23. The summed E-state index contributed by atoms with van der Waals surface area (Å²) in [6, 6.07) is 19.5. The first kappa shape index (κ1) is 17.7. The van der Waals surface area contributed by atoms with Crippen LogP contribution in [-0.2, 0) is 7.05 Å². The predicted molar refractivity (Wildman–Crippen MR) is 113 cm³/mol. The largest absolute Gasteiger partial charge is 0.352 e. The molecule has 8 heteroatoms. The Labute approximate surface area is 168 Å². The number of rotatable bonds is 2. The van der Waals surface area contributed by atoms with Crippen molar-refractivity contribution in [3.05, 3.63) is 97.7 Å². The summed E-state index contributed by atoms with van der Waals surface area (Å²) in [5.74, 6) is 0.208. The van der Waals surface area contributed by atoms with Crippen LogP contribution in [-0.4, -0.2) is 19.0 Å². The molecule has 2 heterocycles. The minimum Gasteiger partial charge on any atom is -0.294 e. The zero-order valence-electron chi connectivity index (χ0n) is 15.8. The highest BCUT2D eigenvalue weighted by molar-refractivity contribution is 5.91. The van der Waals surface area contributed by atoms with Gasteiger partial charge in [0.1, 0.15) is 0 Å². The summed E-state index contributed by atoms with van der Waals surface area (Å²) in [6.45, 7) is 0. The third-order valence-corrected chi connectivity index (χ3v) is 5.23. The lowest BCUT2D eigenvalue weighted by molar-refractivity contribution is -0.384. The van der Waals surface area contributed by atoms with Crippen LogP contribution in [0.2, 0.25) is 0 Å². The summed E-state index contributed by atoms with van der Waals surface area (Å²) >= 11 is 0. The van der Waals surface area contributed by atoms with Gasteiger partial charge in [0.15, 0.2) is 5.82 Å². The van der Waals surface area contributed by atoms with Crippen LogP contribution in [0.5, 0.6) is 0 Å². The van der Waals surface area contributed by atoms with Gasteiger partial charge in [0.2, 0.25) is 0 Å². The van der Waals surface area contributed by atoms with Gasteiger partial charge in [0, 0.05) is 30.3 Å². The topological polar surface area (TPSA) is 100 Å². The van der Waals surface area contributed by atoms with E-state index < -0.39 is 16.2 Å². The second-order valence-corrected chi connectivity index (χ2v) is 7.01. The Morgan fingerprint density at radius 1 is 0.900 bits per heavy atom. The average molecular weight is 398 g/mol. The Bertz CT molecular complexity index is 1580. The zero-order valence-corrected chi connectivity index (χ0v) is 15.8. The molecule has 0 aliphatic carbocycles. The molecule has 146 valence electrons. The van der Waals surface area contributed by atoms with Crippen molar-refractivity contribution in [2.75, 3.05) is 0 Å². The van der Waals surface area contributed by atoms with E-state index in [0.717, 1.165) is 15.3 Å². The van der Waals surface area contributed by atoms with Crippen LogP contribution in [0, 0.1) is 10.1 Å². The van der Waals surface area contributed by atoms with E-state index in [2.05, 4.69) is 4.98 Å². The number of nitrogens with zero attached hydrogens (tertiary/aromatic N) is 4. The van der Waals surface area contributed by atoms with Crippen molar-refractivity contribution < 1.29 is 4.92 Å². The van der Waals surface area contributed by atoms with Gasteiger partial charge in [0.25, 0.3) is 11.2 Å².